The molecular formula is C9H18FN. The van der Waals surface area contributed by atoms with E-state index >= 15 is 0 Å². The van der Waals surface area contributed by atoms with Crippen LogP contribution in [0.5, 0.6) is 0 Å². The average molecular weight is 159 g/mol. The van der Waals surface area contributed by atoms with Crippen molar-refractivity contribution in [3.8, 4) is 0 Å². The third-order valence-corrected chi connectivity index (χ3v) is 3.21. The Kier molecular flexibility index (Phi) is 2.24. The minimum Gasteiger partial charge on any atom is -0.330 e. The topological polar surface area (TPSA) is 26.0 Å². The van der Waals surface area contributed by atoms with E-state index in [2.05, 4.69) is 0 Å². The van der Waals surface area contributed by atoms with E-state index in [1.807, 2.05) is 0 Å². The molecule has 0 heterocycles. The Bertz CT molecular complexity index is 131. The van der Waals surface area contributed by atoms with Gasteiger partial charge in [0.15, 0.2) is 0 Å². The summed E-state index contributed by atoms with van der Waals surface area (Å²) in [5.41, 5.74) is 4.30. The van der Waals surface area contributed by atoms with E-state index in [-0.39, 0.29) is 5.41 Å². The normalized spacial score (nSPS) is 24.0. The first-order chi connectivity index (χ1) is 5.02. The van der Waals surface area contributed by atoms with Crippen LogP contribution in [0.25, 0.3) is 0 Å². The van der Waals surface area contributed by atoms with Gasteiger partial charge in [-0.15, -0.1) is 0 Å². The molecule has 0 radical (unpaired) electrons. The molecule has 0 spiro atoms. The number of alkyl halides is 1. The van der Waals surface area contributed by atoms with Gasteiger partial charge in [-0.25, -0.2) is 4.39 Å². The smallest absolute Gasteiger partial charge is 0.112 e. The molecule has 1 nitrogen and oxygen atoms in total. The SMILES string of the molecule is CC(C)(F)C1(CN)CCCC1. The van der Waals surface area contributed by atoms with Gasteiger partial charge < -0.3 is 5.73 Å². The van der Waals surface area contributed by atoms with Crippen molar-refractivity contribution in [1.82, 2.24) is 0 Å². The molecule has 1 aliphatic rings. The summed E-state index contributed by atoms with van der Waals surface area (Å²) in [5, 5.41) is 0. The first kappa shape index (κ1) is 8.98. The molecule has 11 heavy (non-hydrogen) atoms. The van der Waals surface area contributed by atoms with E-state index in [1.165, 1.54) is 0 Å². The summed E-state index contributed by atoms with van der Waals surface area (Å²) in [4.78, 5) is 0. The Morgan fingerprint density at radius 2 is 1.82 bits per heavy atom. The maximum Gasteiger partial charge on any atom is 0.112 e. The molecule has 1 fully saturated rings. The van der Waals surface area contributed by atoms with Crippen LogP contribution in [0.2, 0.25) is 0 Å². The molecule has 0 bridgehead atoms. The number of halogens is 1. The van der Waals surface area contributed by atoms with Gasteiger partial charge in [0.2, 0.25) is 0 Å². The lowest BCUT2D eigenvalue weighted by atomic mass is 9.73. The lowest BCUT2D eigenvalue weighted by Crippen LogP contribution is -2.43. The lowest BCUT2D eigenvalue weighted by molar-refractivity contribution is 0.0342. The van der Waals surface area contributed by atoms with Gasteiger partial charge in [0.1, 0.15) is 5.67 Å². The number of nitrogens with two attached hydrogens (primary N) is 1. The second-order valence-electron chi connectivity index (χ2n) is 4.16. The second kappa shape index (κ2) is 2.74. The first-order valence-electron chi connectivity index (χ1n) is 4.41. The monoisotopic (exact) mass is 159 g/mol. The molecule has 2 N–H and O–H groups in total. The van der Waals surface area contributed by atoms with Gasteiger partial charge in [-0.3, -0.25) is 0 Å². The Morgan fingerprint density at radius 3 is 2.00 bits per heavy atom. The molecule has 1 rings (SSSR count). The van der Waals surface area contributed by atoms with Crippen molar-refractivity contribution in [2.75, 3.05) is 6.54 Å². The molecule has 1 aliphatic carbocycles. The molecular weight excluding hydrogens is 141 g/mol. The standard InChI is InChI=1S/C9H18FN/c1-8(2,10)9(7-11)5-3-4-6-9/h3-7,11H2,1-2H3. The van der Waals surface area contributed by atoms with Crippen molar-refractivity contribution < 1.29 is 4.39 Å². The third-order valence-electron chi connectivity index (χ3n) is 3.21. The molecule has 1 saturated carbocycles. The van der Waals surface area contributed by atoms with E-state index in [4.69, 9.17) is 5.73 Å². The fraction of sp³-hybridized carbons (Fsp3) is 1.00. The van der Waals surface area contributed by atoms with Crippen LogP contribution in [0.15, 0.2) is 0 Å². The van der Waals surface area contributed by atoms with Gasteiger partial charge in [0, 0.05) is 12.0 Å². The molecule has 0 aromatic rings. The summed E-state index contributed by atoms with van der Waals surface area (Å²) < 4.78 is 13.7. The number of hydrogen-bond acceptors (Lipinski definition) is 1. The molecule has 0 saturated heterocycles. The summed E-state index contributed by atoms with van der Waals surface area (Å²) in [6.07, 6.45) is 4.22. The Balaban J connectivity index is 2.75. The zero-order chi connectivity index (χ0) is 8.54. The van der Waals surface area contributed by atoms with Gasteiger partial charge in [0.05, 0.1) is 0 Å². The Hall–Kier alpha value is -0.110. The van der Waals surface area contributed by atoms with Crippen molar-refractivity contribution in [3.05, 3.63) is 0 Å². The maximum absolute atomic E-state index is 13.7. The highest BCUT2D eigenvalue weighted by atomic mass is 19.1. The molecule has 0 aliphatic heterocycles. The average Bonchev–Trinajstić information content (AvgIpc) is 2.33. The summed E-state index contributed by atoms with van der Waals surface area (Å²) in [6.45, 7) is 3.81. The van der Waals surface area contributed by atoms with Gasteiger partial charge in [-0.1, -0.05) is 12.8 Å². The fourth-order valence-corrected chi connectivity index (χ4v) is 2.09. The summed E-state index contributed by atoms with van der Waals surface area (Å²) in [5.74, 6) is 0. The van der Waals surface area contributed by atoms with Crippen LogP contribution >= 0.6 is 0 Å². The second-order valence-corrected chi connectivity index (χ2v) is 4.16. The highest BCUT2D eigenvalue weighted by molar-refractivity contribution is 4.97. The van der Waals surface area contributed by atoms with Crippen molar-refractivity contribution in [3.63, 3.8) is 0 Å². The van der Waals surface area contributed by atoms with Crippen molar-refractivity contribution in [1.29, 1.82) is 0 Å². The first-order valence-corrected chi connectivity index (χ1v) is 4.41. The van der Waals surface area contributed by atoms with Crippen LogP contribution < -0.4 is 5.73 Å². The predicted molar refractivity (Wildman–Crippen MR) is 45.1 cm³/mol. The fourth-order valence-electron chi connectivity index (χ4n) is 2.09. The molecule has 2 heteroatoms. The van der Waals surface area contributed by atoms with Crippen LogP contribution in [0.1, 0.15) is 39.5 Å². The van der Waals surface area contributed by atoms with E-state index in [9.17, 15) is 4.39 Å². The predicted octanol–water partition coefficient (Wildman–Crippen LogP) is 2.25. The van der Waals surface area contributed by atoms with E-state index in [0.29, 0.717) is 6.54 Å². The molecule has 0 aromatic carbocycles. The summed E-state index contributed by atoms with van der Waals surface area (Å²) >= 11 is 0. The molecule has 0 atom stereocenters. The third kappa shape index (κ3) is 1.41. The minimum absolute atomic E-state index is 0.215. The number of hydrogen-bond donors (Lipinski definition) is 1. The maximum atomic E-state index is 13.7. The largest absolute Gasteiger partial charge is 0.330 e. The Morgan fingerprint density at radius 1 is 1.36 bits per heavy atom. The molecule has 0 amide bonds. The highest BCUT2D eigenvalue weighted by Gasteiger charge is 2.46. The molecule has 0 unspecified atom stereocenters. The van der Waals surface area contributed by atoms with Crippen LogP contribution in [-0.2, 0) is 0 Å². The van der Waals surface area contributed by atoms with Gasteiger partial charge in [-0.2, -0.15) is 0 Å². The van der Waals surface area contributed by atoms with Gasteiger partial charge in [0.25, 0.3) is 0 Å². The lowest BCUT2D eigenvalue weighted by Gasteiger charge is -2.37. The van der Waals surface area contributed by atoms with Crippen LogP contribution in [0.3, 0.4) is 0 Å². The zero-order valence-corrected chi connectivity index (χ0v) is 7.49. The van der Waals surface area contributed by atoms with E-state index in [1.54, 1.807) is 13.8 Å². The van der Waals surface area contributed by atoms with Crippen LogP contribution in [-0.4, -0.2) is 12.2 Å². The van der Waals surface area contributed by atoms with Crippen LogP contribution in [0.4, 0.5) is 4.39 Å². The van der Waals surface area contributed by atoms with Gasteiger partial charge >= 0.3 is 0 Å². The van der Waals surface area contributed by atoms with Crippen molar-refractivity contribution in [2.45, 2.75) is 45.2 Å². The molecule has 66 valence electrons. The Labute approximate surface area is 68.2 Å². The highest BCUT2D eigenvalue weighted by Crippen LogP contribution is 2.47. The summed E-state index contributed by atoms with van der Waals surface area (Å²) in [6, 6.07) is 0. The molecule has 0 aromatic heterocycles. The summed E-state index contributed by atoms with van der Waals surface area (Å²) in [7, 11) is 0. The van der Waals surface area contributed by atoms with Crippen LogP contribution in [0, 0.1) is 5.41 Å². The zero-order valence-electron chi connectivity index (χ0n) is 7.49. The van der Waals surface area contributed by atoms with Crippen molar-refractivity contribution >= 4 is 0 Å². The van der Waals surface area contributed by atoms with E-state index < -0.39 is 5.67 Å². The quantitative estimate of drug-likeness (QED) is 0.657. The van der Waals surface area contributed by atoms with E-state index in [0.717, 1.165) is 25.7 Å². The minimum atomic E-state index is -1.10. The van der Waals surface area contributed by atoms with Gasteiger partial charge in [-0.05, 0) is 26.7 Å². The number of rotatable bonds is 2. The van der Waals surface area contributed by atoms with Crippen molar-refractivity contribution in [2.24, 2.45) is 11.1 Å².